The number of amides is 2. The summed E-state index contributed by atoms with van der Waals surface area (Å²) in [6.45, 7) is 1.11. The third-order valence-electron chi connectivity index (χ3n) is 2.71. The molecule has 2 amide bonds. The van der Waals surface area contributed by atoms with Crippen molar-refractivity contribution in [3.05, 3.63) is 29.3 Å². The minimum absolute atomic E-state index is 0.0664. The number of carbonyl (C=O) groups is 1. The quantitative estimate of drug-likeness (QED) is 0.310. The molecule has 0 radical (unpaired) electrons. The fraction of sp³-hybridized carbons (Fsp3) is 0.385. The monoisotopic (exact) mass is 314 g/mol. The molecule has 4 N–H and O–H groups in total. The first-order valence-corrected chi connectivity index (χ1v) is 6.71. The Labute approximate surface area is 128 Å². The van der Waals surface area contributed by atoms with Gasteiger partial charge < -0.3 is 25.9 Å². The Morgan fingerprint density at radius 3 is 2.67 bits per heavy atom. The lowest BCUT2D eigenvalue weighted by Crippen LogP contribution is -2.39. The molecular formula is C13H19ClN4O3. The zero-order valence-corrected chi connectivity index (χ0v) is 12.5. The Hall–Kier alpha value is -1.99. The van der Waals surface area contributed by atoms with Crippen LogP contribution in [-0.4, -0.2) is 48.8 Å². The average Bonchev–Trinajstić information content (AvgIpc) is 2.49. The molecule has 0 fully saturated rings. The van der Waals surface area contributed by atoms with E-state index in [1.807, 2.05) is 0 Å². The highest BCUT2D eigenvalue weighted by Gasteiger charge is 2.14. The molecule has 0 saturated heterocycles. The smallest absolute Gasteiger partial charge is 0.321 e. The van der Waals surface area contributed by atoms with Gasteiger partial charge in [0.15, 0.2) is 0 Å². The summed E-state index contributed by atoms with van der Waals surface area (Å²) in [4.78, 5) is 13.7. The van der Waals surface area contributed by atoms with E-state index in [2.05, 4.69) is 10.5 Å². The summed E-state index contributed by atoms with van der Waals surface area (Å²) in [6, 6.07) is 6.50. The predicted octanol–water partition coefficient (Wildman–Crippen LogP) is 1.96. The van der Waals surface area contributed by atoms with E-state index < -0.39 is 0 Å². The lowest BCUT2D eigenvalue weighted by molar-refractivity contribution is 0.156. The Kier molecular flexibility index (Phi) is 7.34. The van der Waals surface area contributed by atoms with Crippen LogP contribution >= 0.6 is 11.6 Å². The number of methoxy groups -OCH3 is 1. The van der Waals surface area contributed by atoms with Crippen molar-refractivity contribution in [2.45, 2.75) is 6.42 Å². The number of nitrogens with two attached hydrogens (primary N) is 1. The summed E-state index contributed by atoms with van der Waals surface area (Å²) < 4.78 is 4.97. The van der Waals surface area contributed by atoms with E-state index in [1.54, 1.807) is 31.4 Å². The number of nitrogens with one attached hydrogen (secondary N) is 1. The van der Waals surface area contributed by atoms with Gasteiger partial charge in [-0.1, -0.05) is 16.8 Å². The molecule has 0 unspecified atom stereocenters. The molecule has 7 nitrogen and oxygen atoms in total. The van der Waals surface area contributed by atoms with Crippen molar-refractivity contribution < 1.29 is 14.7 Å². The maximum atomic E-state index is 12.2. The molecule has 0 aliphatic carbocycles. The zero-order valence-electron chi connectivity index (χ0n) is 11.8. The van der Waals surface area contributed by atoms with Crippen LogP contribution in [0.4, 0.5) is 10.5 Å². The van der Waals surface area contributed by atoms with Crippen LogP contribution in [0, 0.1) is 0 Å². The van der Waals surface area contributed by atoms with Gasteiger partial charge in [-0.3, -0.25) is 0 Å². The third-order valence-corrected chi connectivity index (χ3v) is 2.97. The molecule has 0 bridgehead atoms. The zero-order chi connectivity index (χ0) is 15.7. The van der Waals surface area contributed by atoms with Crippen LogP contribution < -0.4 is 11.1 Å². The molecular weight excluding hydrogens is 296 g/mol. The molecule has 21 heavy (non-hydrogen) atoms. The number of hydrogen-bond donors (Lipinski definition) is 3. The Morgan fingerprint density at radius 2 is 2.10 bits per heavy atom. The standard InChI is InChI=1S/C13H19ClN4O3/c1-21-9-8-18(7-6-12(15)17-20)13(19)16-11-4-2-10(14)3-5-11/h2-5,20H,6-9H2,1H3,(H2,15,17)(H,16,19). The van der Waals surface area contributed by atoms with Gasteiger partial charge in [0.2, 0.25) is 0 Å². The first kappa shape index (κ1) is 17.1. The summed E-state index contributed by atoms with van der Waals surface area (Å²) >= 11 is 5.79. The van der Waals surface area contributed by atoms with Gasteiger partial charge >= 0.3 is 6.03 Å². The minimum atomic E-state index is -0.292. The highest BCUT2D eigenvalue weighted by atomic mass is 35.5. The summed E-state index contributed by atoms with van der Waals surface area (Å²) in [7, 11) is 1.55. The summed E-state index contributed by atoms with van der Waals surface area (Å²) in [5.41, 5.74) is 6.05. The molecule has 8 heteroatoms. The lowest BCUT2D eigenvalue weighted by atomic mass is 10.3. The van der Waals surface area contributed by atoms with E-state index in [0.717, 1.165) is 0 Å². The van der Waals surface area contributed by atoms with E-state index in [9.17, 15) is 4.79 Å². The molecule has 0 atom stereocenters. The fourth-order valence-corrected chi connectivity index (χ4v) is 1.68. The van der Waals surface area contributed by atoms with Crippen LogP contribution in [-0.2, 0) is 4.74 Å². The van der Waals surface area contributed by atoms with Gasteiger partial charge in [0.1, 0.15) is 5.84 Å². The molecule has 0 heterocycles. The minimum Gasteiger partial charge on any atom is -0.409 e. The van der Waals surface area contributed by atoms with Crippen LogP contribution in [0.5, 0.6) is 0 Å². The number of amidine groups is 1. The van der Waals surface area contributed by atoms with Gasteiger partial charge in [0.25, 0.3) is 0 Å². The van der Waals surface area contributed by atoms with Gasteiger partial charge in [-0.2, -0.15) is 0 Å². The van der Waals surface area contributed by atoms with E-state index >= 15 is 0 Å². The summed E-state index contributed by atoms with van der Waals surface area (Å²) in [5, 5.41) is 14.8. The number of urea groups is 1. The molecule has 0 aliphatic heterocycles. The van der Waals surface area contributed by atoms with Crippen molar-refractivity contribution in [1.29, 1.82) is 0 Å². The van der Waals surface area contributed by atoms with Crippen LogP contribution in [0.2, 0.25) is 5.02 Å². The molecule has 0 aromatic heterocycles. The number of halogens is 1. The third kappa shape index (κ3) is 6.33. The number of rotatable bonds is 7. The van der Waals surface area contributed by atoms with E-state index in [1.165, 1.54) is 4.90 Å². The van der Waals surface area contributed by atoms with Crippen molar-refractivity contribution in [2.24, 2.45) is 10.9 Å². The van der Waals surface area contributed by atoms with Crippen molar-refractivity contribution in [1.82, 2.24) is 4.90 Å². The Balaban J connectivity index is 2.63. The largest absolute Gasteiger partial charge is 0.409 e. The lowest BCUT2D eigenvalue weighted by Gasteiger charge is -2.22. The van der Waals surface area contributed by atoms with Crippen LogP contribution in [0.15, 0.2) is 29.4 Å². The van der Waals surface area contributed by atoms with E-state index in [-0.39, 0.29) is 18.3 Å². The van der Waals surface area contributed by atoms with Crippen LogP contribution in [0.25, 0.3) is 0 Å². The molecule has 1 aromatic rings. The van der Waals surface area contributed by atoms with E-state index in [0.29, 0.717) is 30.4 Å². The number of carbonyl (C=O) groups excluding carboxylic acids is 1. The van der Waals surface area contributed by atoms with Crippen LogP contribution in [0.3, 0.4) is 0 Å². The highest BCUT2D eigenvalue weighted by Crippen LogP contribution is 2.14. The number of nitrogens with zero attached hydrogens (tertiary/aromatic N) is 2. The van der Waals surface area contributed by atoms with Crippen molar-refractivity contribution in [2.75, 3.05) is 32.1 Å². The van der Waals surface area contributed by atoms with Gasteiger partial charge in [-0.25, -0.2) is 4.79 Å². The number of anilines is 1. The topological polar surface area (TPSA) is 100 Å². The molecule has 0 spiro atoms. The van der Waals surface area contributed by atoms with Gasteiger partial charge in [-0.05, 0) is 24.3 Å². The van der Waals surface area contributed by atoms with Crippen molar-refractivity contribution >= 4 is 29.2 Å². The summed E-state index contributed by atoms with van der Waals surface area (Å²) in [5.74, 6) is 0.0664. The van der Waals surface area contributed by atoms with Gasteiger partial charge in [0, 0.05) is 37.3 Å². The molecule has 116 valence electrons. The first-order chi connectivity index (χ1) is 10.1. The molecule has 0 saturated carbocycles. The predicted molar refractivity (Wildman–Crippen MR) is 81.9 cm³/mol. The Bertz CT molecular complexity index is 479. The van der Waals surface area contributed by atoms with E-state index in [4.69, 9.17) is 27.3 Å². The maximum Gasteiger partial charge on any atom is 0.321 e. The van der Waals surface area contributed by atoms with Crippen molar-refractivity contribution in [3.8, 4) is 0 Å². The second kappa shape index (κ2) is 9.04. The number of ether oxygens (including phenoxy) is 1. The van der Waals surface area contributed by atoms with Gasteiger partial charge in [0.05, 0.1) is 6.61 Å². The van der Waals surface area contributed by atoms with Crippen LogP contribution in [0.1, 0.15) is 6.42 Å². The first-order valence-electron chi connectivity index (χ1n) is 6.33. The number of hydrogen-bond acceptors (Lipinski definition) is 4. The SMILES string of the molecule is COCCN(CCC(N)=NO)C(=O)Nc1ccc(Cl)cc1. The van der Waals surface area contributed by atoms with Crippen molar-refractivity contribution in [3.63, 3.8) is 0 Å². The second-order valence-electron chi connectivity index (χ2n) is 4.26. The molecule has 1 aromatic carbocycles. The number of oxime groups is 1. The van der Waals surface area contributed by atoms with Gasteiger partial charge in [-0.15, -0.1) is 0 Å². The summed E-state index contributed by atoms with van der Waals surface area (Å²) in [6.07, 6.45) is 0.272. The maximum absolute atomic E-state index is 12.2. The normalized spacial score (nSPS) is 11.2. The Morgan fingerprint density at radius 1 is 1.43 bits per heavy atom. The molecule has 1 rings (SSSR count). The molecule has 0 aliphatic rings. The highest BCUT2D eigenvalue weighted by molar-refractivity contribution is 6.30. The second-order valence-corrected chi connectivity index (χ2v) is 4.69. The fourth-order valence-electron chi connectivity index (χ4n) is 1.55. The average molecular weight is 315 g/mol. The number of benzene rings is 1.